The molecular weight excluding hydrogens is 332 g/mol. The van der Waals surface area contributed by atoms with Gasteiger partial charge in [-0.2, -0.15) is 0 Å². The number of hydrogen-bond acceptors (Lipinski definition) is 2. The third kappa shape index (κ3) is 4.01. The predicted molar refractivity (Wildman–Crippen MR) is 118 cm³/mol. The summed E-state index contributed by atoms with van der Waals surface area (Å²) in [5.41, 5.74) is 3.48. The molecule has 0 N–H and O–H groups in total. The second kappa shape index (κ2) is 9.31. The van der Waals surface area contributed by atoms with Crippen LogP contribution >= 0.6 is 0 Å². The highest BCUT2D eigenvalue weighted by Crippen LogP contribution is 2.22. The lowest BCUT2D eigenvalue weighted by Crippen LogP contribution is -2.70. The summed E-state index contributed by atoms with van der Waals surface area (Å²) in [6.45, 7) is 20.3. The minimum atomic E-state index is -1.88. The molecule has 0 aliphatic rings. The number of benzene rings is 2. The molecule has 0 fully saturated rings. The summed E-state index contributed by atoms with van der Waals surface area (Å²) in [5, 5.41) is 1.48. The molecule has 0 atom stereocenters. The monoisotopic (exact) mass is 366 g/mol. The molecule has 0 spiro atoms. The molecule has 0 amide bonds. The Morgan fingerprint density at radius 2 is 1.15 bits per heavy atom. The maximum absolute atomic E-state index is 4.31. The summed E-state index contributed by atoms with van der Waals surface area (Å²) in [4.78, 5) is 0. The number of nitrogens with zero attached hydrogens (tertiary/aromatic N) is 2. The van der Waals surface area contributed by atoms with E-state index in [1.54, 1.807) is 0 Å². The minimum Gasteiger partial charge on any atom is -0.309 e. The molecule has 0 radical (unpaired) electrons. The first kappa shape index (κ1) is 20.6. The lowest BCUT2D eigenvalue weighted by atomic mass is 10.00. The van der Waals surface area contributed by atoms with Gasteiger partial charge in [-0.25, -0.2) is 0 Å². The molecule has 0 saturated heterocycles. The summed E-state index contributed by atoms with van der Waals surface area (Å²) in [7, 11) is -1.88. The van der Waals surface area contributed by atoms with Crippen molar-refractivity contribution >= 4 is 19.2 Å². The van der Waals surface area contributed by atoms with Crippen LogP contribution in [0.25, 0.3) is 5.57 Å². The van der Waals surface area contributed by atoms with Gasteiger partial charge in [0.1, 0.15) is 0 Å². The van der Waals surface area contributed by atoms with E-state index in [2.05, 4.69) is 98.5 Å². The van der Waals surface area contributed by atoms with Crippen LogP contribution in [0.1, 0.15) is 38.8 Å². The lowest BCUT2D eigenvalue weighted by molar-refractivity contribution is 0.367. The molecule has 0 unspecified atom stereocenters. The molecule has 0 aliphatic carbocycles. The van der Waals surface area contributed by atoms with E-state index in [4.69, 9.17) is 0 Å². The van der Waals surface area contributed by atoms with E-state index < -0.39 is 8.40 Å². The molecule has 0 bridgehead atoms. The van der Waals surface area contributed by atoms with E-state index in [0.29, 0.717) is 0 Å². The van der Waals surface area contributed by atoms with Crippen molar-refractivity contribution in [3.05, 3.63) is 72.3 Å². The molecule has 140 valence electrons. The number of hydrogen-bond donors (Lipinski definition) is 0. The zero-order chi connectivity index (χ0) is 19.2. The van der Waals surface area contributed by atoms with Gasteiger partial charge in [0.2, 0.25) is 8.40 Å². The van der Waals surface area contributed by atoms with Crippen LogP contribution in [0.15, 0.2) is 61.2 Å². The summed E-state index contributed by atoms with van der Waals surface area (Å²) >= 11 is 0. The molecule has 0 aromatic heterocycles. The molecule has 0 aliphatic heterocycles. The fourth-order valence-corrected chi connectivity index (χ4v) is 8.43. The van der Waals surface area contributed by atoms with Gasteiger partial charge in [-0.05, 0) is 54.6 Å². The second-order valence-electron chi connectivity index (χ2n) is 6.79. The van der Waals surface area contributed by atoms with Crippen molar-refractivity contribution in [2.24, 2.45) is 0 Å². The van der Waals surface area contributed by atoms with Crippen molar-refractivity contribution in [1.29, 1.82) is 0 Å². The Morgan fingerprint density at radius 1 is 0.731 bits per heavy atom. The second-order valence-corrected chi connectivity index (χ2v) is 10.7. The van der Waals surface area contributed by atoms with Gasteiger partial charge in [-0.15, -0.1) is 0 Å². The van der Waals surface area contributed by atoms with Gasteiger partial charge in [0, 0.05) is 0 Å². The predicted octanol–water partition coefficient (Wildman–Crippen LogP) is 4.71. The van der Waals surface area contributed by atoms with E-state index in [0.717, 1.165) is 31.8 Å². The molecule has 2 aromatic rings. The highest BCUT2D eigenvalue weighted by atomic mass is 28.3. The fraction of sp³-hybridized carbons (Fsp3) is 0.391. The lowest BCUT2D eigenvalue weighted by Gasteiger charge is -2.46. The van der Waals surface area contributed by atoms with Crippen molar-refractivity contribution in [3.8, 4) is 0 Å². The first-order valence-corrected chi connectivity index (χ1v) is 12.3. The van der Waals surface area contributed by atoms with Gasteiger partial charge in [0.15, 0.2) is 0 Å². The van der Waals surface area contributed by atoms with Crippen molar-refractivity contribution < 1.29 is 0 Å². The van der Waals surface area contributed by atoms with E-state index in [-0.39, 0.29) is 0 Å². The Kier molecular flexibility index (Phi) is 7.39. The van der Waals surface area contributed by atoms with E-state index in [9.17, 15) is 0 Å². The van der Waals surface area contributed by atoms with E-state index >= 15 is 0 Å². The molecule has 0 saturated carbocycles. The van der Waals surface area contributed by atoms with Crippen LogP contribution in [0.4, 0.5) is 0 Å². The quantitative estimate of drug-likeness (QED) is 0.593. The molecule has 0 heterocycles. The third-order valence-electron chi connectivity index (χ3n) is 5.66. The fourth-order valence-electron chi connectivity index (χ4n) is 4.04. The average Bonchev–Trinajstić information content (AvgIpc) is 2.70. The Labute approximate surface area is 161 Å². The van der Waals surface area contributed by atoms with Crippen LogP contribution < -0.4 is 5.19 Å². The smallest absolute Gasteiger partial charge is 0.236 e. The van der Waals surface area contributed by atoms with Gasteiger partial charge in [0.25, 0.3) is 0 Å². The molecule has 2 nitrogen and oxygen atoms in total. The van der Waals surface area contributed by atoms with E-state index in [1.807, 2.05) is 6.07 Å². The van der Waals surface area contributed by atoms with Crippen LogP contribution in [0.2, 0.25) is 6.55 Å². The van der Waals surface area contributed by atoms with Gasteiger partial charge >= 0.3 is 0 Å². The largest absolute Gasteiger partial charge is 0.309 e. The van der Waals surface area contributed by atoms with E-state index in [1.165, 1.54) is 16.3 Å². The van der Waals surface area contributed by atoms with Gasteiger partial charge < -0.3 is 9.13 Å². The van der Waals surface area contributed by atoms with Crippen LogP contribution in [-0.4, -0.2) is 43.7 Å². The van der Waals surface area contributed by atoms with Crippen molar-refractivity contribution in [1.82, 2.24) is 9.13 Å². The Bertz CT molecular complexity index is 674. The zero-order valence-corrected chi connectivity index (χ0v) is 18.1. The van der Waals surface area contributed by atoms with Crippen LogP contribution in [-0.2, 0) is 0 Å². The molecule has 2 aromatic carbocycles. The topological polar surface area (TPSA) is 6.48 Å². The summed E-state index contributed by atoms with van der Waals surface area (Å²) in [6.07, 6.45) is 0. The van der Waals surface area contributed by atoms with Crippen molar-refractivity contribution in [3.63, 3.8) is 0 Å². The molecule has 26 heavy (non-hydrogen) atoms. The highest BCUT2D eigenvalue weighted by Gasteiger charge is 2.40. The van der Waals surface area contributed by atoms with Crippen molar-refractivity contribution in [2.45, 2.75) is 34.2 Å². The standard InChI is InChI=1S/C23H34N2Si/c1-7-24(8-2)26(6,25(9-3)10-4)23-18-16-22(17-19-23)20(5)21-14-12-11-13-15-21/h11-19H,5,7-10H2,1-4,6H3. The summed E-state index contributed by atoms with van der Waals surface area (Å²) in [6, 6.07) is 19.6. The minimum absolute atomic E-state index is 1.09. The normalized spacial score (nSPS) is 12.0. The Hall–Kier alpha value is -1.68. The maximum atomic E-state index is 4.31. The highest BCUT2D eigenvalue weighted by molar-refractivity contribution is 6.86. The maximum Gasteiger partial charge on any atom is 0.236 e. The van der Waals surface area contributed by atoms with Crippen molar-refractivity contribution in [2.75, 3.05) is 26.2 Å². The molecular formula is C23H34N2Si. The number of rotatable bonds is 9. The van der Waals surface area contributed by atoms with Gasteiger partial charge in [0.05, 0.1) is 0 Å². The van der Waals surface area contributed by atoms with Gasteiger partial charge in [-0.3, -0.25) is 0 Å². The summed E-state index contributed by atoms with van der Waals surface area (Å²) < 4.78 is 5.36. The van der Waals surface area contributed by atoms with Gasteiger partial charge in [-0.1, -0.05) is 88.9 Å². The SMILES string of the molecule is C=C(c1ccccc1)c1ccc([Si](C)(N(CC)CC)N(CC)CC)cc1. The summed E-state index contributed by atoms with van der Waals surface area (Å²) in [5.74, 6) is 0. The van der Waals surface area contributed by atoms with Crippen LogP contribution in [0.5, 0.6) is 0 Å². The Morgan fingerprint density at radius 3 is 1.58 bits per heavy atom. The van der Waals surface area contributed by atoms with Crippen LogP contribution in [0, 0.1) is 0 Å². The zero-order valence-electron chi connectivity index (χ0n) is 17.1. The van der Waals surface area contributed by atoms with Crippen LogP contribution in [0.3, 0.4) is 0 Å². The third-order valence-corrected chi connectivity index (χ3v) is 10.8. The average molecular weight is 367 g/mol. The Balaban J connectivity index is 2.40. The molecule has 3 heteroatoms. The molecule has 2 rings (SSSR count). The first-order valence-electron chi connectivity index (χ1n) is 9.88. The first-order chi connectivity index (χ1) is 12.5.